The van der Waals surface area contributed by atoms with Gasteiger partial charge < -0.3 is 9.84 Å². The van der Waals surface area contributed by atoms with Gasteiger partial charge in [0.25, 0.3) is 0 Å². The van der Waals surface area contributed by atoms with Crippen molar-refractivity contribution in [2.24, 2.45) is 0 Å². The molecule has 0 radical (unpaired) electrons. The van der Waals surface area contributed by atoms with Gasteiger partial charge >= 0.3 is 11.9 Å². The number of hydrogen-bond donors (Lipinski definition) is 1. The van der Waals surface area contributed by atoms with Crippen LogP contribution in [0.15, 0.2) is 30.3 Å². The van der Waals surface area contributed by atoms with Crippen molar-refractivity contribution < 1.29 is 19.4 Å². The fraction of sp³-hybridized carbons (Fsp3) is 0.200. The largest absolute Gasteiger partial charge is 0.481 e. The van der Waals surface area contributed by atoms with E-state index in [4.69, 9.17) is 9.84 Å². The third-order valence-corrected chi connectivity index (χ3v) is 1.52. The van der Waals surface area contributed by atoms with Gasteiger partial charge in [0, 0.05) is 0 Å². The Kier molecular flexibility index (Phi) is 3.67. The molecule has 4 nitrogen and oxygen atoms in total. The fourth-order valence-electron chi connectivity index (χ4n) is 0.880. The second kappa shape index (κ2) is 5.01. The summed E-state index contributed by atoms with van der Waals surface area (Å²) in [6.45, 7) is 0. The van der Waals surface area contributed by atoms with Crippen molar-refractivity contribution in [3.8, 4) is 5.75 Å². The number of carboxylic acids is 1. The quantitative estimate of drug-likeness (QED) is 0.582. The average molecular weight is 194 g/mol. The highest BCUT2D eigenvalue weighted by Crippen LogP contribution is 2.09. The molecule has 0 unspecified atom stereocenters. The van der Waals surface area contributed by atoms with Crippen molar-refractivity contribution in [1.82, 2.24) is 0 Å². The van der Waals surface area contributed by atoms with Gasteiger partial charge in [0.2, 0.25) is 0 Å². The number of para-hydroxylation sites is 1. The molecular weight excluding hydrogens is 184 g/mol. The van der Waals surface area contributed by atoms with Crippen LogP contribution >= 0.6 is 0 Å². The van der Waals surface area contributed by atoms with Crippen LogP contribution in [0.25, 0.3) is 0 Å². The molecule has 1 N–H and O–H groups in total. The van der Waals surface area contributed by atoms with Crippen molar-refractivity contribution in [2.45, 2.75) is 12.8 Å². The summed E-state index contributed by atoms with van der Waals surface area (Å²) in [6.07, 6.45) is -0.310. The first-order valence-corrected chi connectivity index (χ1v) is 4.16. The molecule has 0 heterocycles. The average Bonchev–Trinajstić information content (AvgIpc) is 2.16. The molecule has 0 amide bonds. The molecule has 4 heteroatoms. The van der Waals surface area contributed by atoms with E-state index in [9.17, 15) is 9.59 Å². The zero-order valence-electron chi connectivity index (χ0n) is 7.47. The third-order valence-electron chi connectivity index (χ3n) is 1.52. The minimum atomic E-state index is -1.00. The van der Waals surface area contributed by atoms with Crippen LogP contribution in [-0.2, 0) is 9.59 Å². The topological polar surface area (TPSA) is 63.6 Å². The van der Waals surface area contributed by atoms with Crippen molar-refractivity contribution in [3.05, 3.63) is 30.3 Å². The van der Waals surface area contributed by atoms with Crippen LogP contribution in [0.2, 0.25) is 0 Å². The van der Waals surface area contributed by atoms with E-state index < -0.39 is 11.9 Å². The predicted molar refractivity (Wildman–Crippen MR) is 48.9 cm³/mol. The second-order valence-electron chi connectivity index (χ2n) is 2.68. The first-order chi connectivity index (χ1) is 6.68. The number of carboxylic acid groups (broad SMARTS) is 1. The van der Waals surface area contributed by atoms with Gasteiger partial charge in [-0.25, -0.2) is 0 Å². The minimum absolute atomic E-state index is 0.107. The van der Waals surface area contributed by atoms with Gasteiger partial charge in [-0.2, -0.15) is 0 Å². The Morgan fingerprint density at radius 1 is 1.14 bits per heavy atom. The number of benzene rings is 1. The number of hydrogen-bond acceptors (Lipinski definition) is 3. The molecule has 0 aliphatic rings. The van der Waals surface area contributed by atoms with Gasteiger partial charge in [0.15, 0.2) is 0 Å². The molecule has 1 aromatic carbocycles. The standard InChI is InChI=1S/C10H10O4/c11-9(12)6-7-10(13)14-8-4-2-1-3-5-8/h1-5H,6-7H2,(H,11,12). The van der Waals surface area contributed by atoms with Crippen LogP contribution in [0.1, 0.15) is 12.8 Å². The highest BCUT2D eigenvalue weighted by molar-refractivity contribution is 5.78. The Morgan fingerprint density at radius 2 is 1.79 bits per heavy atom. The molecule has 0 aliphatic carbocycles. The highest BCUT2D eigenvalue weighted by atomic mass is 16.5. The van der Waals surface area contributed by atoms with E-state index in [1.54, 1.807) is 30.3 Å². The van der Waals surface area contributed by atoms with Crippen molar-refractivity contribution >= 4 is 11.9 Å². The smallest absolute Gasteiger partial charge is 0.311 e. The summed E-state index contributed by atoms with van der Waals surface area (Å²) in [5, 5.41) is 8.32. The van der Waals surface area contributed by atoms with Crippen molar-refractivity contribution in [2.75, 3.05) is 0 Å². The van der Waals surface area contributed by atoms with Crippen molar-refractivity contribution in [3.63, 3.8) is 0 Å². The molecule has 0 saturated heterocycles. The van der Waals surface area contributed by atoms with Crippen LogP contribution in [0.4, 0.5) is 0 Å². The Hall–Kier alpha value is -1.84. The van der Waals surface area contributed by atoms with Gasteiger partial charge in [-0.15, -0.1) is 0 Å². The van der Waals surface area contributed by atoms with Crippen LogP contribution < -0.4 is 4.74 Å². The maximum atomic E-state index is 11.0. The Bertz CT molecular complexity index is 318. The van der Waals surface area contributed by atoms with Crippen LogP contribution in [0.5, 0.6) is 5.75 Å². The van der Waals surface area contributed by atoms with E-state index in [0.717, 1.165) is 0 Å². The summed E-state index contributed by atoms with van der Waals surface area (Å²) in [5.41, 5.74) is 0. The molecule has 14 heavy (non-hydrogen) atoms. The molecule has 1 aromatic rings. The summed E-state index contributed by atoms with van der Waals surface area (Å²) in [6, 6.07) is 8.55. The van der Waals surface area contributed by atoms with E-state index in [1.807, 2.05) is 0 Å². The molecule has 0 atom stereocenters. The number of aliphatic carboxylic acids is 1. The number of esters is 1. The summed E-state index contributed by atoms with van der Waals surface area (Å²) in [4.78, 5) is 21.2. The molecule has 74 valence electrons. The molecular formula is C10H10O4. The maximum absolute atomic E-state index is 11.0. The Morgan fingerprint density at radius 3 is 2.36 bits per heavy atom. The first kappa shape index (κ1) is 10.2. The summed E-state index contributed by atoms with van der Waals surface area (Å²) >= 11 is 0. The zero-order chi connectivity index (χ0) is 10.4. The molecule has 0 fully saturated rings. The Labute approximate surface area is 81.1 Å². The lowest BCUT2D eigenvalue weighted by Crippen LogP contribution is -2.09. The summed E-state index contributed by atoms with van der Waals surface area (Å²) in [5.74, 6) is -1.10. The lowest BCUT2D eigenvalue weighted by Gasteiger charge is -2.01. The van der Waals surface area contributed by atoms with Gasteiger partial charge in [-0.05, 0) is 12.1 Å². The highest BCUT2D eigenvalue weighted by Gasteiger charge is 2.06. The third kappa shape index (κ3) is 3.71. The summed E-state index contributed by atoms with van der Waals surface area (Å²) < 4.78 is 4.86. The number of carbonyl (C=O) groups is 2. The molecule has 0 saturated carbocycles. The van der Waals surface area contributed by atoms with Gasteiger partial charge in [-0.3, -0.25) is 9.59 Å². The Balaban J connectivity index is 2.38. The molecule has 0 bridgehead atoms. The maximum Gasteiger partial charge on any atom is 0.311 e. The van der Waals surface area contributed by atoms with E-state index in [2.05, 4.69) is 0 Å². The van der Waals surface area contributed by atoms with Crippen LogP contribution in [-0.4, -0.2) is 17.0 Å². The van der Waals surface area contributed by atoms with E-state index in [1.165, 1.54) is 0 Å². The van der Waals surface area contributed by atoms with E-state index in [-0.39, 0.29) is 12.8 Å². The fourth-order valence-corrected chi connectivity index (χ4v) is 0.880. The number of carbonyl (C=O) groups excluding carboxylic acids is 1. The molecule has 0 aromatic heterocycles. The molecule has 0 spiro atoms. The SMILES string of the molecule is O=C(O)CCC(=O)Oc1ccccc1. The number of ether oxygens (including phenoxy) is 1. The van der Waals surface area contributed by atoms with Gasteiger partial charge in [0.05, 0.1) is 12.8 Å². The molecule has 0 aliphatic heterocycles. The van der Waals surface area contributed by atoms with Crippen molar-refractivity contribution in [1.29, 1.82) is 0 Å². The monoisotopic (exact) mass is 194 g/mol. The van der Waals surface area contributed by atoms with Crippen LogP contribution in [0.3, 0.4) is 0 Å². The minimum Gasteiger partial charge on any atom is -0.481 e. The van der Waals surface area contributed by atoms with E-state index in [0.29, 0.717) is 5.75 Å². The summed E-state index contributed by atoms with van der Waals surface area (Å²) in [7, 11) is 0. The van der Waals surface area contributed by atoms with E-state index >= 15 is 0 Å². The molecule has 1 rings (SSSR count). The van der Waals surface area contributed by atoms with Gasteiger partial charge in [-0.1, -0.05) is 18.2 Å². The van der Waals surface area contributed by atoms with Gasteiger partial charge in [0.1, 0.15) is 5.75 Å². The lowest BCUT2D eigenvalue weighted by atomic mass is 10.3. The predicted octanol–water partition coefficient (Wildman–Crippen LogP) is 1.46. The van der Waals surface area contributed by atoms with Crippen LogP contribution in [0, 0.1) is 0 Å². The lowest BCUT2D eigenvalue weighted by molar-refractivity contribution is -0.142. The normalized spacial score (nSPS) is 9.43. The first-order valence-electron chi connectivity index (χ1n) is 4.16. The second-order valence-corrected chi connectivity index (χ2v) is 2.68. The zero-order valence-corrected chi connectivity index (χ0v) is 7.47. The number of rotatable bonds is 4.